The third-order valence-electron chi connectivity index (χ3n) is 12.3. The highest BCUT2D eigenvalue weighted by molar-refractivity contribution is 7.81. The highest BCUT2D eigenvalue weighted by atomic mass is 32.3. The second-order valence-corrected chi connectivity index (χ2v) is 19.5. The Morgan fingerprint density at radius 1 is 0.707 bits per heavy atom. The number of nitrogens with one attached hydrogen (secondary N) is 4. The molecule has 9 N–H and O–H groups in total. The number of aldehydes is 1. The van der Waals surface area contributed by atoms with E-state index in [4.69, 9.17) is 15.6 Å². The zero-order valence-electron chi connectivity index (χ0n) is 45.4. The number of hydrogen-bond acceptors (Lipinski definition) is 19. The molecular formula is C51H72F3N11O16S. The van der Waals surface area contributed by atoms with Crippen LogP contribution in [0.2, 0.25) is 0 Å². The van der Waals surface area contributed by atoms with Crippen LogP contribution in [0.25, 0.3) is 10.9 Å². The Hall–Kier alpha value is -7.58. The molecule has 0 radical (unpaired) electrons. The van der Waals surface area contributed by atoms with Crippen molar-refractivity contribution in [2.24, 2.45) is 5.73 Å². The SMILES string of the molecule is CO.NC(=O)CCc1ccc(OS(=O)(=O)F)cc1.O=CCN1CCN(CC(=O)O)CCN(CC(=O)O)CCN(CC(=O)NCCNC(=O)CCCC(=O)NCCOc2ccc3nccc(C(=O)NCC(=O)N4CCC(F)(F)C4)c3c2)CC1. The van der Waals surface area contributed by atoms with E-state index >= 15 is 0 Å². The van der Waals surface area contributed by atoms with Crippen LogP contribution in [0.3, 0.4) is 0 Å². The number of pyridine rings is 1. The van der Waals surface area contributed by atoms with Crippen LogP contribution in [0.1, 0.15) is 48.0 Å². The number of alkyl halides is 2. The van der Waals surface area contributed by atoms with E-state index in [-0.39, 0.29) is 114 Å². The summed E-state index contributed by atoms with van der Waals surface area (Å²) in [4.78, 5) is 120. The Balaban J connectivity index is 0.000000835. The van der Waals surface area contributed by atoms with Crippen LogP contribution in [0.15, 0.2) is 54.7 Å². The Morgan fingerprint density at radius 2 is 1.24 bits per heavy atom. The van der Waals surface area contributed by atoms with E-state index in [1.54, 1.807) is 28.0 Å². The van der Waals surface area contributed by atoms with Gasteiger partial charge in [-0.2, -0.15) is 8.42 Å². The fourth-order valence-corrected chi connectivity index (χ4v) is 8.49. The highest BCUT2D eigenvalue weighted by Crippen LogP contribution is 2.27. The second kappa shape index (κ2) is 36.0. The quantitative estimate of drug-likeness (QED) is 0.0248. The summed E-state index contributed by atoms with van der Waals surface area (Å²) in [5.41, 5.74) is 6.44. The van der Waals surface area contributed by atoms with E-state index < -0.39 is 65.6 Å². The maximum absolute atomic E-state index is 13.5. The predicted molar refractivity (Wildman–Crippen MR) is 288 cm³/mol. The molecule has 2 aliphatic rings. The number of hydrogen-bond donors (Lipinski definition) is 8. The van der Waals surface area contributed by atoms with Crippen molar-refractivity contribution in [2.45, 2.75) is 44.4 Å². The minimum absolute atomic E-state index is 0.00590. The van der Waals surface area contributed by atoms with E-state index in [1.165, 1.54) is 36.5 Å². The van der Waals surface area contributed by atoms with Gasteiger partial charge < -0.3 is 60.9 Å². The summed E-state index contributed by atoms with van der Waals surface area (Å²) in [6.07, 6.45) is 2.85. The summed E-state index contributed by atoms with van der Waals surface area (Å²) in [6, 6.07) is 12.0. The molecule has 2 saturated heterocycles. The molecule has 0 saturated carbocycles. The van der Waals surface area contributed by atoms with Crippen molar-refractivity contribution in [1.29, 1.82) is 0 Å². The van der Waals surface area contributed by atoms with Gasteiger partial charge in [0, 0.05) is 116 Å². The first-order valence-electron chi connectivity index (χ1n) is 26.0. The number of amides is 6. The van der Waals surface area contributed by atoms with Crippen LogP contribution in [0.4, 0.5) is 12.7 Å². The fraction of sp³-hybridized carbons (Fsp3) is 0.529. The standard InChI is InChI=1S/C41H58F2N10O11.C9H10FNO4S.CH4O/c42-41(43)7-12-53(29-41)37(58)25-48-40(63)31-6-8-44-33-5-4-30(24-32(31)33)64-23-11-47-35(56)3-1-2-34(55)45-9-10-46-36(57)26-50-15-13-49(21-22-54)14-16-51(27-38(59)60)19-20-52(18-17-50)28-39(61)62;10-16(13,14)15-8-4-1-7(2-5-8)3-6-9(11)12;1-2/h4-6,8,22,24H,1-3,7,9-21,23,25-29H2,(H,45,55)(H,46,57)(H,47,56)(H,48,63)(H,59,60)(H,61,62);1-2,4-5H,3,6H2,(H2,11,12);2H,1H3. The van der Waals surface area contributed by atoms with Gasteiger partial charge in [-0.3, -0.25) is 62.9 Å². The van der Waals surface area contributed by atoms with Gasteiger partial charge in [-0.25, -0.2) is 8.78 Å². The monoisotopic (exact) mass is 1180 g/mol. The number of ether oxygens (including phenoxy) is 1. The Morgan fingerprint density at radius 3 is 1.77 bits per heavy atom. The Labute approximate surface area is 472 Å². The lowest BCUT2D eigenvalue weighted by molar-refractivity contribution is -0.140. The van der Waals surface area contributed by atoms with E-state index in [9.17, 15) is 74.4 Å². The normalized spacial score (nSPS) is 15.4. The molecule has 6 amide bonds. The summed E-state index contributed by atoms with van der Waals surface area (Å²) in [5.74, 6) is -7.22. The number of fused-ring (bicyclic) bond motifs is 1. The zero-order chi connectivity index (χ0) is 60.7. The molecular weight excluding hydrogens is 1110 g/mol. The first-order valence-corrected chi connectivity index (χ1v) is 27.3. The molecule has 0 aliphatic carbocycles. The van der Waals surface area contributed by atoms with Gasteiger partial charge >= 0.3 is 22.4 Å². The number of aliphatic hydroxyl groups excluding tert-OH is 1. The second-order valence-electron chi connectivity index (χ2n) is 18.6. The van der Waals surface area contributed by atoms with Crippen LogP contribution in [-0.4, -0.2) is 244 Å². The lowest BCUT2D eigenvalue weighted by Crippen LogP contribution is -2.49. The summed E-state index contributed by atoms with van der Waals surface area (Å²) < 4.78 is 69.2. The number of aliphatic carboxylic acids is 2. The number of carbonyl (C=O) groups excluding carboxylic acids is 7. The Kier molecular flexibility index (Phi) is 30.2. The number of halogens is 3. The average molecular weight is 1180 g/mol. The molecule has 0 bridgehead atoms. The predicted octanol–water partition coefficient (Wildman–Crippen LogP) is -1.37. The lowest BCUT2D eigenvalue weighted by atomic mass is 10.1. The Bertz CT molecular complexity index is 2710. The summed E-state index contributed by atoms with van der Waals surface area (Å²) in [7, 11) is -3.99. The molecule has 0 atom stereocenters. The number of aliphatic hydroxyl groups is 1. The third kappa shape index (κ3) is 28.2. The number of carboxylic acids is 2. The van der Waals surface area contributed by atoms with E-state index in [1.807, 2.05) is 9.80 Å². The number of carboxylic acid groups (broad SMARTS) is 2. The van der Waals surface area contributed by atoms with Gasteiger partial charge in [0.25, 0.3) is 11.8 Å². The van der Waals surface area contributed by atoms with Crippen molar-refractivity contribution >= 4 is 75.1 Å². The maximum atomic E-state index is 13.5. The summed E-state index contributed by atoms with van der Waals surface area (Å²) in [6.45, 7) is 1.89. The molecule has 1 aromatic heterocycles. The molecule has 2 aliphatic heterocycles. The van der Waals surface area contributed by atoms with Crippen molar-refractivity contribution in [3.63, 3.8) is 0 Å². The molecule has 82 heavy (non-hydrogen) atoms. The van der Waals surface area contributed by atoms with Crippen LogP contribution >= 0.6 is 0 Å². The average Bonchev–Trinajstić information content (AvgIpc) is 3.86. The maximum Gasteiger partial charge on any atom is 0.488 e. The molecule has 0 unspecified atom stereocenters. The number of aromatic nitrogens is 1. The van der Waals surface area contributed by atoms with Crippen LogP contribution in [0.5, 0.6) is 11.5 Å². The smallest absolute Gasteiger partial charge is 0.488 e. The minimum Gasteiger partial charge on any atom is -0.492 e. The number of primary amides is 1. The first kappa shape index (κ1) is 68.7. The molecule has 3 heterocycles. The third-order valence-corrected chi connectivity index (χ3v) is 12.7. The highest BCUT2D eigenvalue weighted by Gasteiger charge is 2.40. The number of likely N-dealkylation sites (tertiary alicyclic amines) is 1. The molecule has 27 nitrogen and oxygen atoms in total. The van der Waals surface area contributed by atoms with Crippen molar-refractivity contribution in [3.8, 4) is 11.5 Å². The van der Waals surface area contributed by atoms with Crippen molar-refractivity contribution in [3.05, 3.63) is 65.9 Å². The number of benzene rings is 2. The first-order chi connectivity index (χ1) is 39.0. The van der Waals surface area contributed by atoms with Crippen LogP contribution < -0.4 is 35.9 Å². The number of nitrogens with zero attached hydrogens (tertiary/aromatic N) is 6. The van der Waals surface area contributed by atoms with Gasteiger partial charge in [-0.05, 0) is 54.8 Å². The van der Waals surface area contributed by atoms with E-state index in [0.29, 0.717) is 75.4 Å². The molecule has 454 valence electrons. The largest absolute Gasteiger partial charge is 0.492 e. The van der Waals surface area contributed by atoms with Crippen LogP contribution in [-0.2, 0) is 55.3 Å². The topological polar surface area (TPSA) is 370 Å². The van der Waals surface area contributed by atoms with Crippen LogP contribution in [0, 0.1) is 0 Å². The van der Waals surface area contributed by atoms with Gasteiger partial charge in [0.05, 0.1) is 56.9 Å². The minimum atomic E-state index is -4.99. The molecule has 3 aromatic rings. The van der Waals surface area contributed by atoms with Gasteiger partial charge in [0.15, 0.2) is 0 Å². The fourth-order valence-electron chi connectivity index (χ4n) is 8.15. The molecule has 0 spiro atoms. The van der Waals surface area contributed by atoms with E-state index in [2.05, 4.69) is 30.4 Å². The number of nitrogens with two attached hydrogens (primary N) is 1. The molecule has 31 heteroatoms. The molecule has 2 aromatic carbocycles. The summed E-state index contributed by atoms with van der Waals surface area (Å²) in [5, 5.41) is 36.8. The molecule has 5 rings (SSSR count). The molecule has 2 fully saturated rings. The summed E-state index contributed by atoms with van der Waals surface area (Å²) >= 11 is 0. The number of rotatable bonds is 27. The van der Waals surface area contributed by atoms with Crippen molar-refractivity contribution in [1.82, 2.24) is 50.8 Å². The van der Waals surface area contributed by atoms with E-state index in [0.717, 1.165) is 23.9 Å². The van der Waals surface area contributed by atoms with Crippen molar-refractivity contribution in [2.75, 3.05) is 132 Å². The van der Waals surface area contributed by atoms with Gasteiger partial charge in [-0.15, -0.1) is 0 Å². The lowest BCUT2D eigenvalue weighted by Gasteiger charge is -2.32. The van der Waals surface area contributed by atoms with Gasteiger partial charge in [0.2, 0.25) is 29.5 Å². The number of carbonyl (C=O) groups is 9. The number of aryl methyl sites for hydroxylation is 1. The van der Waals surface area contributed by atoms with Crippen molar-refractivity contribution < 1.29 is 88.5 Å². The zero-order valence-corrected chi connectivity index (χ0v) is 46.2. The van der Waals surface area contributed by atoms with Gasteiger partial charge in [-0.1, -0.05) is 16.0 Å². The van der Waals surface area contributed by atoms with Gasteiger partial charge in [0.1, 0.15) is 24.4 Å².